The molecule has 2 unspecified atom stereocenters. The molecule has 0 aromatic carbocycles. The van der Waals surface area contributed by atoms with Crippen LogP contribution >= 0.6 is 0 Å². The zero-order chi connectivity index (χ0) is 21.1. The molecule has 1 N–H and O–H groups in total. The van der Waals surface area contributed by atoms with E-state index in [1.165, 1.54) is 0 Å². The molecule has 31 heavy (non-hydrogen) atoms. The van der Waals surface area contributed by atoms with Crippen molar-refractivity contribution in [3.8, 4) is 11.1 Å². The first-order chi connectivity index (χ1) is 15.1. The monoisotopic (exact) mass is 420 g/mol. The van der Waals surface area contributed by atoms with E-state index in [0.29, 0.717) is 6.42 Å². The molecule has 2 aliphatic heterocycles. The molecule has 1 amide bonds. The van der Waals surface area contributed by atoms with Gasteiger partial charge in [0.1, 0.15) is 12.0 Å². The molecule has 0 spiro atoms. The van der Waals surface area contributed by atoms with Crippen LogP contribution < -0.4 is 10.2 Å². The first kappa shape index (κ1) is 18.6. The summed E-state index contributed by atoms with van der Waals surface area (Å²) in [6, 6.07) is 8.57. The van der Waals surface area contributed by atoms with E-state index in [-0.39, 0.29) is 18.0 Å². The Morgan fingerprint density at radius 2 is 1.90 bits per heavy atom. The van der Waals surface area contributed by atoms with Crippen LogP contribution in [0.3, 0.4) is 0 Å². The van der Waals surface area contributed by atoms with Gasteiger partial charge in [0, 0.05) is 56.4 Å². The van der Waals surface area contributed by atoms with Gasteiger partial charge in [-0.1, -0.05) is 0 Å². The van der Waals surface area contributed by atoms with Crippen LogP contribution in [0.4, 0.5) is 15.9 Å². The summed E-state index contributed by atoms with van der Waals surface area (Å²) >= 11 is 0. The van der Waals surface area contributed by atoms with Gasteiger partial charge in [-0.25, -0.2) is 13.9 Å². The maximum Gasteiger partial charge on any atom is 0.229 e. The zero-order valence-corrected chi connectivity index (χ0v) is 17.4. The normalized spacial score (nSPS) is 27.0. The molecule has 2 saturated heterocycles. The standard InChI is InChI=1S/C23H25FN6O/c1-25-22-9-14(4-6-26-22)15-8-21-20(5-7-27-29(21)11-15)28-12-16-2-3-17(13-28)30(16)23(31)18-10-19(18)24/h4-9,11,16-19H,2-3,10,12-13H2,1H3,(H,25,26)/t16?,17?,18-,19-/m1/s1. The number of hydrogen-bond acceptors (Lipinski definition) is 5. The van der Waals surface area contributed by atoms with Crippen LogP contribution in [-0.2, 0) is 4.79 Å². The van der Waals surface area contributed by atoms with Gasteiger partial charge in [0.15, 0.2) is 0 Å². The minimum absolute atomic E-state index is 0.0301. The van der Waals surface area contributed by atoms with E-state index in [1.54, 1.807) is 6.20 Å². The second kappa shape index (κ2) is 6.93. The molecular weight excluding hydrogens is 395 g/mol. The van der Waals surface area contributed by atoms with E-state index in [0.717, 1.165) is 54.1 Å². The Morgan fingerprint density at radius 3 is 2.61 bits per heavy atom. The van der Waals surface area contributed by atoms with E-state index in [2.05, 4.69) is 32.4 Å². The molecule has 1 saturated carbocycles. The maximum atomic E-state index is 13.5. The lowest BCUT2D eigenvalue weighted by Gasteiger charge is -2.42. The molecule has 6 rings (SSSR count). The summed E-state index contributed by atoms with van der Waals surface area (Å²) in [6.45, 7) is 1.57. The van der Waals surface area contributed by atoms with Crippen LogP contribution in [0.1, 0.15) is 19.3 Å². The molecule has 0 radical (unpaired) electrons. The summed E-state index contributed by atoms with van der Waals surface area (Å²) < 4.78 is 15.4. The van der Waals surface area contributed by atoms with Crippen LogP contribution in [0.15, 0.2) is 42.9 Å². The van der Waals surface area contributed by atoms with Crippen LogP contribution in [0.25, 0.3) is 16.6 Å². The number of anilines is 2. The Morgan fingerprint density at radius 1 is 1.13 bits per heavy atom. The first-order valence-corrected chi connectivity index (χ1v) is 10.9. The number of alkyl halides is 1. The minimum atomic E-state index is -0.930. The second-order valence-electron chi connectivity index (χ2n) is 8.85. The van der Waals surface area contributed by atoms with Gasteiger partial charge in [-0.15, -0.1) is 0 Å². The minimum Gasteiger partial charge on any atom is -0.373 e. The first-order valence-electron chi connectivity index (χ1n) is 10.9. The smallest absolute Gasteiger partial charge is 0.229 e. The number of halogens is 1. The van der Waals surface area contributed by atoms with E-state index in [1.807, 2.05) is 41.0 Å². The van der Waals surface area contributed by atoms with Crippen molar-refractivity contribution in [3.05, 3.63) is 42.9 Å². The molecule has 8 heteroatoms. The summed E-state index contributed by atoms with van der Waals surface area (Å²) in [5.74, 6) is 0.463. The topological polar surface area (TPSA) is 65.8 Å². The van der Waals surface area contributed by atoms with Gasteiger partial charge < -0.3 is 15.1 Å². The van der Waals surface area contributed by atoms with Crippen molar-refractivity contribution >= 4 is 22.9 Å². The fourth-order valence-corrected chi connectivity index (χ4v) is 5.24. The van der Waals surface area contributed by atoms with Crippen molar-refractivity contribution in [2.24, 2.45) is 5.92 Å². The number of nitrogens with one attached hydrogen (secondary N) is 1. The van der Waals surface area contributed by atoms with Gasteiger partial charge in [0.25, 0.3) is 0 Å². The third-order valence-corrected chi connectivity index (χ3v) is 6.94. The van der Waals surface area contributed by atoms with Gasteiger partial charge in [-0.3, -0.25) is 4.79 Å². The van der Waals surface area contributed by atoms with Crippen molar-refractivity contribution in [3.63, 3.8) is 0 Å². The molecule has 2 bridgehead atoms. The SMILES string of the molecule is CNc1cc(-c2cc3c(N4CC5CCC(C4)N5C(=O)[C@@H]4C[C@H]4F)ccnn3c2)ccn1. The predicted octanol–water partition coefficient (Wildman–Crippen LogP) is 2.98. The van der Waals surface area contributed by atoms with Crippen LogP contribution in [0.5, 0.6) is 0 Å². The van der Waals surface area contributed by atoms with Gasteiger partial charge in [0.05, 0.1) is 17.1 Å². The summed E-state index contributed by atoms with van der Waals surface area (Å²) in [5, 5.41) is 7.60. The highest BCUT2D eigenvalue weighted by Gasteiger charge is 2.51. The number of amides is 1. The van der Waals surface area contributed by atoms with Crippen molar-refractivity contribution in [1.82, 2.24) is 19.5 Å². The average molecular weight is 420 g/mol. The second-order valence-corrected chi connectivity index (χ2v) is 8.85. The summed E-state index contributed by atoms with van der Waals surface area (Å²) in [6.07, 6.45) is 7.13. The van der Waals surface area contributed by atoms with Crippen LogP contribution in [-0.4, -0.2) is 63.8 Å². The Kier molecular flexibility index (Phi) is 4.16. The fourth-order valence-electron chi connectivity index (χ4n) is 5.24. The fraction of sp³-hybridized carbons (Fsp3) is 0.435. The highest BCUT2D eigenvalue weighted by Crippen LogP contribution is 2.41. The molecule has 5 heterocycles. The quantitative estimate of drug-likeness (QED) is 0.703. The molecule has 3 aromatic rings. The lowest BCUT2D eigenvalue weighted by atomic mass is 10.1. The van der Waals surface area contributed by atoms with E-state index >= 15 is 0 Å². The van der Waals surface area contributed by atoms with Crippen molar-refractivity contribution in [2.75, 3.05) is 30.4 Å². The Hall–Kier alpha value is -3.16. The zero-order valence-electron chi connectivity index (χ0n) is 17.4. The average Bonchev–Trinajstić information content (AvgIpc) is 3.25. The number of aromatic nitrogens is 3. The highest BCUT2D eigenvalue weighted by molar-refractivity contribution is 5.84. The molecule has 3 aliphatic rings. The molecule has 1 aliphatic carbocycles. The molecule has 3 fully saturated rings. The lowest BCUT2D eigenvalue weighted by Crippen LogP contribution is -2.56. The summed E-state index contributed by atoms with van der Waals surface area (Å²) in [5.41, 5.74) is 4.34. The Labute approximate surface area is 179 Å². The van der Waals surface area contributed by atoms with Crippen LogP contribution in [0, 0.1) is 5.92 Å². The van der Waals surface area contributed by atoms with Crippen molar-refractivity contribution < 1.29 is 9.18 Å². The third kappa shape index (κ3) is 3.04. The number of hydrogen-bond donors (Lipinski definition) is 1. The van der Waals surface area contributed by atoms with E-state index < -0.39 is 12.1 Å². The Balaban J connectivity index is 1.30. The van der Waals surface area contributed by atoms with Crippen LogP contribution in [0.2, 0.25) is 0 Å². The Bertz CT molecular complexity index is 1150. The summed E-state index contributed by atoms with van der Waals surface area (Å²) in [7, 11) is 1.86. The van der Waals surface area contributed by atoms with Gasteiger partial charge >= 0.3 is 0 Å². The largest absolute Gasteiger partial charge is 0.373 e. The number of rotatable bonds is 4. The number of nitrogens with zero attached hydrogens (tertiary/aromatic N) is 5. The van der Waals surface area contributed by atoms with Gasteiger partial charge in [-0.2, -0.15) is 5.10 Å². The number of carbonyl (C=O) groups is 1. The number of carbonyl (C=O) groups excluding carboxylic acids is 1. The maximum absolute atomic E-state index is 13.5. The molecule has 3 aromatic heterocycles. The van der Waals surface area contributed by atoms with E-state index in [9.17, 15) is 9.18 Å². The van der Waals surface area contributed by atoms with Crippen molar-refractivity contribution in [2.45, 2.75) is 37.5 Å². The number of piperazine rings is 1. The lowest BCUT2D eigenvalue weighted by molar-refractivity contribution is -0.136. The number of pyridine rings is 1. The van der Waals surface area contributed by atoms with Gasteiger partial charge in [-0.05, 0) is 49.1 Å². The molecular formula is C23H25FN6O. The van der Waals surface area contributed by atoms with E-state index in [4.69, 9.17) is 0 Å². The summed E-state index contributed by atoms with van der Waals surface area (Å²) in [4.78, 5) is 21.4. The molecule has 4 atom stereocenters. The predicted molar refractivity (Wildman–Crippen MR) is 117 cm³/mol. The molecule has 7 nitrogen and oxygen atoms in total. The highest BCUT2D eigenvalue weighted by atomic mass is 19.1. The third-order valence-electron chi connectivity index (χ3n) is 6.94. The van der Waals surface area contributed by atoms with Gasteiger partial charge in [0.2, 0.25) is 5.91 Å². The number of fused-ring (bicyclic) bond motifs is 3. The van der Waals surface area contributed by atoms with Crippen molar-refractivity contribution in [1.29, 1.82) is 0 Å². The molecule has 160 valence electrons.